The van der Waals surface area contributed by atoms with E-state index in [-0.39, 0.29) is 5.69 Å². The van der Waals surface area contributed by atoms with Crippen molar-refractivity contribution in [2.45, 2.75) is 0 Å². The van der Waals surface area contributed by atoms with Crippen LogP contribution >= 0.6 is 0 Å². The molecule has 3 rings (SSSR count). The first kappa shape index (κ1) is 12.8. The van der Waals surface area contributed by atoms with E-state index in [0.717, 1.165) is 0 Å². The Balaban J connectivity index is 2.12. The highest BCUT2D eigenvalue weighted by atomic mass is 16.6. The molecule has 0 fully saturated rings. The highest BCUT2D eigenvalue weighted by Crippen LogP contribution is 2.15. The zero-order chi connectivity index (χ0) is 14.8. The van der Waals surface area contributed by atoms with Crippen molar-refractivity contribution in [1.82, 2.24) is 5.27 Å². The molecule has 0 atom stereocenters. The highest BCUT2D eigenvalue weighted by molar-refractivity contribution is 5.54. The summed E-state index contributed by atoms with van der Waals surface area (Å²) in [4.78, 5) is 22.0. The number of nitrogens with zero attached hydrogens (tertiary/aromatic N) is 2. The van der Waals surface area contributed by atoms with Crippen molar-refractivity contribution in [3.63, 3.8) is 0 Å². The van der Waals surface area contributed by atoms with Gasteiger partial charge in [0.25, 0.3) is 5.69 Å². The van der Waals surface area contributed by atoms with Gasteiger partial charge in [0, 0.05) is 24.3 Å². The van der Waals surface area contributed by atoms with Gasteiger partial charge < -0.3 is 0 Å². The molecule has 3 aromatic rings. The first-order valence-electron chi connectivity index (χ1n) is 6.10. The molecule has 104 valence electrons. The minimum Gasteiger partial charge on any atom is -0.282 e. The van der Waals surface area contributed by atoms with Crippen molar-refractivity contribution in [3.05, 3.63) is 75.1 Å². The Morgan fingerprint density at radius 2 is 1.71 bits per heavy atom. The molecule has 0 aliphatic heterocycles. The normalized spacial score (nSPS) is 10.5. The Labute approximate surface area is 118 Å². The third-order valence-corrected chi connectivity index (χ3v) is 3.01. The van der Waals surface area contributed by atoms with Crippen LogP contribution in [0.1, 0.15) is 0 Å². The fourth-order valence-corrected chi connectivity index (χ4v) is 2.02. The molecule has 0 saturated carbocycles. The maximum Gasteiger partial charge on any atom is 0.435 e. The Bertz CT molecular complexity index is 835. The zero-order valence-electron chi connectivity index (χ0n) is 10.7. The Morgan fingerprint density at radius 3 is 2.33 bits per heavy atom. The molecule has 7 nitrogen and oxygen atoms in total. The lowest BCUT2D eigenvalue weighted by molar-refractivity contribution is -0.660. The molecule has 0 radical (unpaired) electrons. The average molecular weight is 284 g/mol. The molecule has 7 heteroatoms. The number of aromatic nitrogens is 2. The summed E-state index contributed by atoms with van der Waals surface area (Å²) in [6.07, 6.45) is 0. The average Bonchev–Trinajstić information content (AvgIpc) is 2.90. The second-order valence-electron chi connectivity index (χ2n) is 4.30. The fraction of sp³-hybridized carbons (Fsp3) is 0. The third-order valence-electron chi connectivity index (χ3n) is 3.01. The number of nitrogens with one attached hydrogen (secondary N) is 1. The molecular weight excluding hydrogens is 274 g/mol. The lowest BCUT2D eigenvalue weighted by Gasteiger charge is -1.95. The Hall–Kier alpha value is -3.22. The molecule has 0 amide bonds. The quantitative estimate of drug-likeness (QED) is 0.451. The van der Waals surface area contributed by atoms with Gasteiger partial charge in [0.15, 0.2) is 0 Å². The van der Waals surface area contributed by atoms with Crippen LogP contribution in [0.25, 0.3) is 16.9 Å². The van der Waals surface area contributed by atoms with Crippen LogP contribution in [0, 0.1) is 10.1 Å². The minimum absolute atomic E-state index is 0.0218. The van der Waals surface area contributed by atoms with E-state index in [0.29, 0.717) is 16.9 Å². The summed E-state index contributed by atoms with van der Waals surface area (Å²) in [7, 11) is 0. The second-order valence-corrected chi connectivity index (χ2v) is 4.30. The predicted molar refractivity (Wildman–Crippen MR) is 73.0 cm³/mol. The van der Waals surface area contributed by atoms with Crippen LogP contribution in [0.15, 0.2) is 63.9 Å². The van der Waals surface area contributed by atoms with Crippen LogP contribution in [-0.2, 0) is 0 Å². The summed E-state index contributed by atoms with van der Waals surface area (Å²) in [5, 5.41) is 13.2. The number of nitro groups is 1. The van der Waals surface area contributed by atoms with Gasteiger partial charge in [0.2, 0.25) is 5.69 Å². The largest absolute Gasteiger partial charge is 0.435 e. The van der Waals surface area contributed by atoms with E-state index in [2.05, 4.69) is 5.27 Å². The van der Waals surface area contributed by atoms with Crippen LogP contribution < -0.4 is 10.3 Å². The van der Waals surface area contributed by atoms with Crippen LogP contribution in [0.3, 0.4) is 0 Å². The number of non-ortho nitro benzene ring substituents is 1. The van der Waals surface area contributed by atoms with Gasteiger partial charge in [-0.15, -0.1) is 0 Å². The molecule has 0 aliphatic carbocycles. The van der Waals surface area contributed by atoms with Crippen molar-refractivity contribution in [3.8, 4) is 16.9 Å². The van der Waals surface area contributed by atoms with Crippen molar-refractivity contribution >= 4 is 5.69 Å². The maximum atomic E-state index is 11.9. The van der Waals surface area contributed by atoms with E-state index < -0.39 is 10.5 Å². The smallest absolute Gasteiger partial charge is 0.282 e. The lowest BCUT2D eigenvalue weighted by atomic mass is 10.1. The van der Waals surface area contributed by atoms with Gasteiger partial charge in [0.05, 0.1) is 10.5 Å². The third kappa shape index (κ3) is 2.32. The minimum atomic E-state index is -0.514. The van der Waals surface area contributed by atoms with Gasteiger partial charge in [-0.3, -0.25) is 14.6 Å². The second kappa shape index (κ2) is 5.04. The topological polar surface area (TPSA) is 93.0 Å². The van der Waals surface area contributed by atoms with E-state index >= 15 is 0 Å². The number of hydrogen-bond acceptors (Lipinski definition) is 4. The summed E-state index contributed by atoms with van der Waals surface area (Å²) in [5.41, 5.74) is 1.03. The standard InChI is InChI=1S/C14H9N3O4/c18-14-13(10-4-2-1-3-5-10)16(15-21-14)11-6-8-12(9-7-11)17(19)20/h1-9H/p+1. The number of aromatic amines is 1. The first-order valence-corrected chi connectivity index (χ1v) is 6.10. The predicted octanol–water partition coefficient (Wildman–Crippen LogP) is 1.82. The summed E-state index contributed by atoms with van der Waals surface area (Å²) >= 11 is 0. The van der Waals surface area contributed by atoms with Gasteiger partial charge >= 0.3 is 11.3 Å². The number of nitro benzene ring substituents is 1. The SMILES string of the molecule is O=c1o[nH][n+](-c2ccc([N+](=O)[O-])cc2)c1-c1ccccc1. The lowest BCUT2D eigenvalue weighted by Crippen LogP contribution is -2.36. The summed E-state index contributed by atoms with van der Waals surface area (Å²) in [5.74, 6) is 0. The molecule has 0 aliphatic rings. The van der Waals surface area contributed by atoms with Gasteiger partial charge in [-0.05, 0) is 22.1 Å². The zero-order valence-corrected chi connectivity index (χ0v) is 10.7. The van der Waals surface area contributed by atoms with Crippen LogP contribution in [-0.4, -0.2) is 10.2 Å². The summed E-state index contributed by atoms with van der Waals surface area (Å²) < 4.78 is 6.28. The number of hydrogen-bond donors (Lipinski definition) is 1. The molecule has 21 heavy (non-hydrogen) atoms. The van der Waals surface area contributed by atoms with Gasteiger partial charge in [-0.2, -0.15) is 0 Å². The highest BCUT2D eigenvalue weighted by Gasteiger charge is 2.25. The van der Waals surface area contributed by atoms with Crippen molar-refractivity contribution in [2.75, 3.05) is 0 Å². The van der Waals surface area contributed by atoms with Crippen LogP contribution in [0.2, 0.25) is 0 Å². The summed E-state index contributed by atoms with van der Waals surface area (Å²) in [6.45, 7) is 0. The Morgan fingerprint density at radius 1 is 1.05 bits per heavy atom. The van der Waals surface area contributed by atoms with Crippen LogP contribution in [0.5, 0.6) is 0 Å². The fourth-order valence-electron chi connectivity index (χ4n) is 2.02. The van der Waals surface area contributed by atoms with Crippen molar-refractivity contribution in [1.29, 1.82) is 0 Å². The molecule has 0 bridgehead atoms. The molecule has 2 aromatic carbocycles. The Kier molecular flexibility index (Phi) is 3.07. The van der Waals surface area contributed by atoms with E-state index in [1.807, 2.05) is 18.2 Å². The van der Waals surface area contributed by atoms with Gasteiger partial charge in [-0.25, -0.2) is 4.79 Å². The van der Waals surface area contributed by atoms with Crippen LogP contribution in [0.4, 0.5) is 5.69 Å². The molecular formula is C14H10N3O4+. The first-order chi connectivity index (χ1) is 10.2. The molecule has 0 spiro atoms. The van der Waals surface area contributed by atoms with Crippen molar-refractivity contribution < 1.29 is 14.1 Å². The monoisotopic (exact) mass is 284 g/mol. The molecule has 1 N–H and O–H groups in total. The maximum absolute atomic E-state index is 11.9. The van der Waals surface area contributed by atoms with E-state index in [4.69, 9.17) is 4.52 Å². The van der Waals surface area contributed by atoms with E-state index in [1.54, 1.807) is 12.1 Å². The van der Waals surface area contributed by atoms with Gasteiger partial charge in [-0.1, -0.05) is 18.2 Å². The van der Waals surface area contributed by atoms with Gasteiger partial charge in [0.1, 0.15) is 0 Å². The number of benzene rings is 2. The van der Waals surface area contributed by atoms with E-state index in [9.17, 15) is 14.9 Å². The van der Waals surface area contributed by atoms with Crippen molar-refractivity contribution in [2.24, 2.45) is 0 Å². The molecule has 0 unspecified atom stereocenters. The molecule has 1 heterocycles. The summed E-state index contributed by atoms with van der Waals surface area (Å²) in [6, 6.07) is 14.8. The molecule has 1 aromatic heterocycles. The molecule has 0 saturated heterocycles. The van der Waals surface area contributed by atoms with E-state index in [1.165, 1.54) is 28.9 Å². The number of H-pyrrole nitrogens is 1. The number of rotatable bonds is 3.